The second-order valence-electron chi connectivity index (χ2n) is 7.16. The number of likely N-dealkylation sites (tertiary alicyclic amines) is 1. The Hall–Kier alpha value is -3.62. The molecule has 0 aliphatic carbocycles. The van der Waals surface area contributed by atoms with E-state index >= 15 is 0 Å². The molecule has 0 radical (unpaired) electrons. The topological polar surface area (TPSA) is 79.9 Å². The number of halogens is 2. The lowest BCUT2D eigenvalue weighted by molar-refractivity contribution is -0.117. The minimum atomic E-state index is -3.02. The fourth-order valence-corrected chi connectivity index (χ4v) is 3.41. The first-order valence-corrected chi connectivity index (χ1v) is 10.2. The molecule has 9 heteroatoms. The highest BCUT2D eigenvalue weighted by molar-refractivity contribution is 5.92. The molecule has 0 saturated carbocycles. The number of carbonyl (C=O) groups is 2. The highest BCUT2D eigenvalue weighted by Gasteiger charge is 2.23. The zero-order chi connectivity index (χ0) is 22.9. The van der Waals surface area contributed by atoms with Crippen molar-refractivity contribution < 1.29 is 27.8 Å². The first-order chi connectivity index (χ1) is 15.5. The lowest BCUT2D eigenvalue weighted by Gasteiger charge is -2.32. The molecule has 3 rings (SSSR count). The molecule has 1 heterocycles. The second-order valence-corrected chi connectivity index (χ2v) is 7.16. The molecule has 0 unspecified atom stereocenters. The van der Waals surface area contributed by atoms with E-state index in [4.69, 9.17) is 4.74 Å². The van der Waals surface area contributed by atoms with E-state index in [0.29, 0.717) is 31.5 Å². The Morgan fingerprint density at radius 1 is 1.09 bits per heavy atom. The minimum absolute atomic E-state index is 0.0879. The third-order valence-corrected chi connectivity index (χ3v) is 5.00. The normalized spacial score (nSPS) is 14.4. The summed E-state index contributed by atoms with van der Waals surface area (Å²) in [6.07, 6.45) is 3.89. The molecule has 1 saturated heterocycles. The number of anilines is 1. The fourth-order valence-electron chi connectivity index (χ4n) is 3.41. The van der Waals surface area contributed by atoms with Crippen molar-refractivity contribution in [1.82, 2.24) is 10.2 Å². The molecule has 0 atom stereocenters. The van der Waals surface area contributed by atoms with Gasteiger partial charge in [0.15, 0.2) is 11.5 Å². The summed E-state index contributed by atoms with van der Waals surface area (Å²) in [5.74, 6) is -0.344. The van der Waals surface area contributed by atoms with E-state index in [1.165, 1.54) is 25.3 Å². The maximum atomic E-state index is 12.7. The molecule has 2 aromatic carbocycles. The zero-order valence-electron chi connectivity index (χ0n) is 17.6. The number of benzene rings is 2. The Kier molecular flexibility index (Phi) is 8.02. The van der Waals surface area contributed by atoms with Crippen LogP contribution in [-0.2, 0) is 4.79 Å². The van der Waals surface area contributed by atoms with Gasteiger partial charge in [-0.3, -0.25) is 4.79 Å². The van der Waals surface area contributed by atoms with Crippen LogP contribution < -0.4 is 20.1 Å². The molecule has 2 aromatic rings. The molecular weight excluding hydrogens is 420 g/mol. The molecule has 0 spiro atoms. The average molecular weight is 445 g/mol. The average Bonchev–Trinajstić information content (AvgIpc) is 2.79. The van der Waals surface area contributed by atoms with E-state index < -0.39 is 6.61 Å². The van der Waals surface area contributed by atoms with Crippen molar-refractivity contribution in [3.8, 4) is 11.5 Å². The summed E-state index contributed by atoms with van der Waals surface area (Å²) in [5.41, 5.74) is 1.03. The van der Waals surface area contributed by atoms with Gasteiger partial charge in [-0.1, -0.05) is 30.3 Å². The van der Waals surface area contributed by atoms with Crippen molar-refractivity contribution in [3.63, 3.8) is 0 Å². The van der Waals surface area contributed by atoms with Crippen LogP contribution in [-0.4, -0.2) is 49.7 Å². The number of carbonyl (C=O) groups excluding carboxylic acids is 2. The molecule has 3 amide bonds. The van der Waals surface area contributed by atoms with Crippen LogP contribution in [0, 0.1) is 0 Å². The summed E-state index contributed by atoms with van der Waals surface area (Å²) in [6.45, 7) is -2.00. The standard InChI is InChI=1S/C23H25F2N3O4/c1-31-19-9-5-6-16(21(19)32-22(24)25)10-11-20(29)26-18-12-14-28(15-13-18)23(30)27-17-7-3-2-4-8-17/h2-11,18,22H,12-15H2,1H3,(H,26,29)(H,27,30)/b11-10+. The smallest absolute Gasteiger partial charge is 0.387 e. The monoisotopic (exact) mass is 445 g/mol. The molecule has 1 aliphatic heterocycles. The number of nitrogens with zero attached hydrogens (tertiary/aromatic N) is 1. The Balaban J connectivity index is 1.51. The number of hydrogen-bond donors (Lipinski definition) is 2. The number of alkyl halides is 2. The first kappa shape index (κ1) is 23.1. The van der Waals surface area contributed by atoms with Crippen LogP contribution in [0.2, 0.25) is 0 Å². The van der Waals surface area contributed by atoms with Crippen LogP contribution in [0.5, 0.6) is 11.5 Å². The number of nitrogens with one attached hydrogen (secondary N) is 2. The van der Waals surface area contributed by atoms with Crippen molar-refractivity contribution in [1.29, 1.82) is 0 Å². The van der Waals surface area contributed by atoms with Crippen molar-refractivity contribution in [3.05, 3.63) is 60.2 Å². The van der Waals surface area contributed by atoms with E-state index in [0.717, 1.165) is 5.69 Å². The number of hydrogen-bond acceptors (Lipinski definition) is 4. The van der Waals surface area contributed by atoms with Gasteiger partial charge in [0.05, 0.1) is 7.11 Å². The number of amides is 3. The zero-order valence-corrected chi connectivity index (χ0v) is 17.6. The van der Waals surface area contributed by atoms with E-state index in [-0.39, 0.29) is 29.5 Å². The van der Waals surface area contributed by atoms with Gasteiger partial charge < -0.3 is 25.0 Å². The van der Waals surface area contributed by atoms with Crippen LogP contribution in [0.15, 0.2) is 54.6 Å². The van der Waals surface area contributed by atoms with Gasteiger partial charge in [0, 0.05) is 36.5 Å². The molecule has 2 N–H and O–H groups in total. The van der Waals surface area contributed by atoms with Crippen LogP contribution in [0.25, 0.3) is 6.08 Å². The minimum Gasteiger partial charge on any atom is -0.493 e. The molecular formula is C23H25F2N3O4. The number of rotatable bonds is 7. The summed E-state index contributed by atoms with van der Waals surface area (Å²) in [5, 5.41) is 5.73. The SMILES string of the molecule is COc1cccc(/C=C/C(=O)NC2CCN(C(=O)Nc3ccccc3)CC2)c1OC(F)F. The van der Waals surface area contributed by atoms with Crippen LogP contribution in [0.4, 0.5) is 19.3 Å². The van der Waals surface area contributed by atoms with Crippen LogP contribution in [0.1, 0.15) is 18.4 Å². The Bertz CT molecular complexity index is 946. The van der Waals surface area contributed by atoms with Crippen LogP contribution >= 0.6 is 0 Å². The van der Waals surface area contributed by atoms with E-state index in [9.17, 15) is 18.4 Å². The summed E-state index contributed by atoms with van der Waals surface area (Å²) in [4.78, 5) is 26.4. The van der Waals surface area contributed by atoms with Gasteiger partial charge in [-0.05, 0) is 37.1 Å². The number of methoxy groups -OCH3 is 1. The third kappa shape index (κ3) is 6.44. The van der Waals surface area contributed by atoms with E-state index in [1.807, 2.05) is 30.3 Å². The quantitative estimate of drug-likeness (QED) is 0.629. The Morgan fingerprint density at radius 3 is 2.47 bits per heavy atom. The van der Waals surface area contributed by atoms with Gasteiger partial charge in [-0.2, -0.15) is 8.78 Å². The van der Waals surface area contributed by atoms with Gasteiger partial charge in [0.2, 0.25) is 5.91 Å². The molecule has 32 heavy (non-hydrogen) atoms. The number of para-hydroxylation sites is 2. The van der Waals surface area contributed by atoms with Gasteiger partial charge in [-0.25, -0.2) is 4.79 Å². The predicted molar refractivity (Wildman–Crippen MR) is 117 cm³/mol. The van der Waals surface area contributed by atoms with Gasteiger partial charge in [0.25, 0.3) is 0 Å². The Morgan fingerprint density at radius 2 is 1.81 bits per heavy atom. The highest BCUT2D eigenvalue weighted by atomic mass is 19.3. The van der Waals surface area contributed by atoms with Crippen molar-refractivity contribution in [2.75, 3.05) is 25.5 Å². The first-order valence-electron chi connectivity index (χ1n) is 10.2. The summed E-state index contributed by atoms with van der Waals surface area (Å²) >= 11 is 0. The maximum absolute atomic E-state index is 12.7. The van der Waals surface area contributed by atoms with Crippen molar-refractivity contribution >= 4 is 23.7 Å². The summed E-state index contributed by atoms with van der Waals surface area (Å²) in [6, 6.07) is 13.6. The molecule has 1 fully saturated rings. The van der Waals surface area contributed by atoms with E-state index in [2.05, 4.69) is 15.4 Å². The number of piperidine rings is 1. The molecule has 0 bridgehead atoms. The molecule has 1 aliphatic rings. The maximum Gasteiger partial charge on any atom is 0.387 e. The lowest BCUT2D eigenvalue weighted by Crippen LogP contribution is -2.47. The largest absolute Gasteiger partial charge is 0.493 e. The van der Waals surface area contributed by atoms with Crippen molar-refractivity contribution in [2.45, 2.75) is 25.5 Å². The Labute approximate surface area is 185 Å². The van der Waals surface area contributed by atoms with Gasteiger partial charge in [-0.15, -0.1) is 0 Å². The molecule has 170 valence electrons. The highest BCUT2D eigenvalue weighted by Crippen LogP contribution is 2.33. The third-order valence-electron chi connectivity index (χ3n) is 5.00. The fraction of sp³-hybridized carbons (Fsp3) is 0.304. The summed E-state index contributed by atoms with van der Waals surface area (Å²) < 4.78 is 35.0. The summed E-state index contributed by atoms with van der Waals surface area (Å²) in [7, 11) is 1.35. The van der Waals surface area contributed by atoms with Gasteiger partial charge in [0.1, 0.15) is 0 Å². The number of ether oxygens (including phenoxy) is 2. The lowest BCUT2D eigenvalue weighted by atomic mass is 10.1. The van der Waals surface area contributed by atoms with Crippen LogP contribution in [0.3, 0.4) is 0 Å². The van der Waals surface area contributed by atoms with Crippen molar-refractivity contribution in [2.24, 2.45) is 0 Å². The van der Waals surface area contributed by atoms with E-state index in [1.54, 1.807) is 17.0 Å². The second kappa shape index (κ2) is 11.1. The van der Waals surface area contributed by atoms with Gasteiger partial charge >= 0.3 is 12.6 Å². The molecule has 7 nitrogen and oxygen atoms in total. The number of urea groups is 1. The molecule has 0 aromatic heterocycles. The predicted octanol–water partition coefficient (Wildman–Crippen LogP) is 4.12.